The fourth-order valence-electron chi connectivity index (χ4n) is 6.66. The van der Waals surface area contributed by atoms with Crippen molar-refractivity contribution in [3.63, 3.8) is 0 Å². The first-order valence-corrected chi connectivity index (χ1v) is 14.0. The summed E-state index contributed by atoms with van der Waals surface area (Å²) in [5, 5.41) is 14.7. The standard InChI is InChI=1S/C30H34N8O2/c1-4-14-37-28(39)24-16-31-29(32-20-8-10-21(11-9-20)36-18-22-15-23(36)17-35(22)3)34-27(24)38(37)25-12-7-19-6-5-13-30(2,40)26(19)33-25/h4,7-12,16,22-23,40H,1,5-6,13-15,17-18H2,2-3H3,(H,31,32,34)/t22-,23-,30-/m0/s1. The van der Waals surface area contributed by atoms with E-state index in [1.165, 1.54) is 12.1 Å². The van der Waals surface area contributed by atoms with Crippen LogP contribution in [0, 0.1) is 0 Å². The molecule has 2 N–H and O–H groups in total. The summed E-state index contributed by atoms with van der Waals surface area (Å²) < 4.78 is 3.26. The van der Waals surface area contributed by atoms with Gasteiger partial charge in [-0.15, -0.1) is 6.58 Å². The largest absolute Gasteiger partial charge is 0.384 e. The van der Waals surface area contributed by atoms with Crippen molar-refractivity contribution in [1.82, 2.24) is 29.2 Å². The van der Waals surface area contributed by atoms with Gasteiger partial charge in [-0.1, -0.05) is 12.1 Å². The summed E-state index contributed by atoms with van der Waals surface area (Å²) >= 11 is 0. The Kier molecular flexibility index (Phi) is 5.79. The zero-order valence-electron chi connectivity index (χ0n) is 22.9. The van der Waals surface area contributed by atoms with Gasteiger partial charge in [0.05, 0.1) is 12.2 Å². The molecule has 0 saturated carbocycles. The van der Waals surface area contributed by atoms with E-state index in [1.807, 2.05) is 24.3 Å². The van der Waals surface area contributed by atoms with Crippen LogP contribution >= 0.6 is 0 Å². The summed E-state index contributed by atoms with van der Waals surface area (Å²) in [4.78, 5) is 32.4. The number of aromatic nitrogens is 5. The van der Waals surface area contributed by atoms with E-state index in [4.69, 9.17) is 9.97 Å². The minimum Gasteiger partial charge on any atom is -0.384 e. The molecule has 5 heterocycles. The Morgan fingerprint density at radius 1 is 1.15 bits per heavy atom. The summed E-state index contributed by atoms with van der Waals surface area (Å²) in [6.07, 6.45) is 6.89. The summed E-state index contributed by atoms with van der Waals surface area (Å²) in [7, 11) is 2.21. The Hall–Kier alpha value is -4.02. The highest BCUT2D eigenvalue weighted by Gasteiger charge is 2.41. The number of nitrogens with zero attached hydrogens (tertiary/aromatic N) is 7. The highest BCUT2D eigenvalue weighted by Crippen LogP contribution is 2.35. The lowest BCUT2D eigenvalue weighted by Gasteiger charge is -2.33. The lowest BCUT2D eigenvalue weighted by Crippen LogP contribution is -2.44. The van der Waals surface area contributed by atoms with Gasteiger partial charge in [0, 0.05) is 42.7 Å². The zero-order valence-corrected chi connectivity index (χ0v) is 22.9. The molecule has 1 aliphatic carbocycles. The number of piperazine rings is 1. The molecule has 2 fully saturated rings. The van der Waals surface area contributed by atoms with Crippen molar-refractivity contribution in [3.8, 4) is 5.82 Å². The molecule has 1 aromatic carbocycles. The molecule has 2 bridgehead atoms. The summed E-state index contributed by atoms with van der Waals surface area (Å²) in [5.74, 6) is 0.908. The topological polar surface area (TPSA) is 104 Å². The van der Waals surface area contributed by atoms with Gasteiger partial charge < -0.3 is 15.3 Å². The second-order valence-electron chi connectivity index (χ2n) is 11.5. The van der Waals surface area contributed by atoms with Crippen LogP contribution in [0.5, 0.6) is 0 Å². The summed E-state index contributed by atoms with van der Waals surface area (Å²) in [6.45, 7) is 8.10. The number of anilines is 3. The van der Waals surface area contributed by atoms with Crippen LogP contribution in [-0.2, 0) is 18.6 Å². The smallest absolute Gasteiger partial charge is 0.278 e. The molecule has 0 unspecified atom stereocenters. The molecule has 7 rings (SSSR count). The Morgan fingerprint density at radius 2 is 1.98 bits per heavy atom. The number of aryl methyl sites for hydroxylation is 1. The monoisotopic (exact) mass is 538 g/mol. The number of fused-ring (bicyclic) bond motifs is 4. The molecule has 206 valence electrons. The molecule has 4 aromatic rings. The van der Waals surface area contributed by atoms with E-state index in [1.54, 1.807) is 28.6 Å². The maximum Gasteiger partial charge on any atom is 0.278 e. The Balaban J connectivity index is 1.23. The first kappa shape index (κ1) is 25.0. The minimum absolute atomic E-state index is 0.220. The van der Waals surface area contributed by atoms with E-state index in [2.05, 4.69) is 45.9 Å². The first-order chi connectivity index (χ1) is 19.3. The number of hydrogen-bond acceptors (Lipinski definition) is 8. The molecule has 0 radical (unpaired) electrons. The van der Waals surface area contributed by atoms with Crippen LogP contribution in [0.4, 0.5) is 17.3 Å². The highest BCUT2D eigenvalue weighted by molar-refractivity contribution is 5.77. The van der Waals surface area contributed by atoms with E-state index in [0.717, 1.165) is 37.2 Å². The number of likely N-dealkylation sites (N-methyl/N-ethyl adjacent to an activating group) is 1. The molecular weight excluding hydrogens is 504 g/mol. The molecule has 3 atom stereocenters. The lowest BCUT2D eigenvalue weighted by molar-refractivity contribution is 0.0339. The van der Waals surface area contributed by atoms with Crippen molar-refractivity contribution in [2.45, 2.75) is 56.8 Å². The Bertz CT molecular complexity index is 1670. The lowest BCUT2D eigenvalue weighted by atomic mass is 9.84. The number of benzene rings is 1. The van der Waals surface area contributed by atoms with E-state index in [0.29, 0.717) is 47.0 Å². The maximum atomic E-state index is 13.3. The normalized spacial score (nSPS) is 24.0. The van der Waals surface area contributed by atoms with Gasteiger partial charge in [-0.3, -0.25) is 9.69 Å². The van der Waals surface area contributed by atoms with Crippen molar-refractivity contribution >= 4 is 28.4 Å². The SMILES string of the molecule is C=CCn1c(=O)c2cnc(Nc3ccc(N4C[C@@H]5C[C@H]4CN5C)cc3)nc2n1-c1ccc2c(n1)[C@@](C)(O)CCC2. The van der Waals surface area contributed by atoms with Crippen molar-refractivity contribution in [2.75, 3.05) is 30.4 Å². The van der Waals surface area contributed by atoms with E-state index in [9.17, 15) is 9.90 Å². The van der Waals surface area contributed by atoms with Crippen LogP contribution in [0.3, 0.4) is 0 Å². The fourth-order valence-corrected chi connectivity index (χ4v) is 6.66. The maximum absolute atomic E-state index is 13.3. The number of rotatable bonds is 6. The van der Waals surface area contributed by atoms with Gasteiger partial charge >= 0.3 is 0 Å². The zero-order chi connectivity index (χ0) is 27.6. The first-order valence-electron chi connectivity index (χ1n) is 14.0. The Labute approximate surface area is 232 Å². The third-order valence-corrected chi connectivity index (χ3v) is 8.75. The fraction of sp³-hybridized carbons (Fsp3) is 0.400. The number of nitrogens with one attached hydrogen (secondary N) is 1. The number of pyridine rings is 1. The predicted octanol–water partition coefficient (Wildman–Crippen LogP) is 3.34. The van der Waals surface area contributed by atoms with Crippen LogP contribution in [0.25, 0.3) is 16.9 Å². The van der Waals surface area contributed by atoms with Gasteiger partial charge in [0.2, 0.25) is 5.95 Å². The summed E-state index contributed by atoms with van der Waals surface area (Å²) in [5.41, 5.74) is 2.99. The molecule has 2 saturated heterocycles. The van der Waals surface area contributed by atoms with Crippen molar-refractivity contribution in [1.29, 1.82) is 0 Å². The van der Waals surface area contributed by atoms with Gasteiger partial charge in [-0.25, -0.2) is 19.3 Å². The molecule has 3 aromatic heterocycles. The number of likely N-dealkylation sites (tertiary alicyclic amines) is 1. The second-order valence-corrected chi connectivity index (χ2v) is 11.5. The van der Waals surface area contributed by atoms with Crippen LogP contribution in [0.2, 0.25) is 0 Å². The number of hydrogen-bond donors (Lipinski definition) is 2. The van der Waals surface area contributed by atoms with Crippen LogP contribution < -0.4 is 15.8 Å². The van der Waals surface area contributed by atoms with Crippen LogP contribution in [-0.4, -0.2) is 66.5 Å². The van der Waals surface area contributed by atoms with Gasteiger partial charge in [0.1, 0.15) is 11.0 Å². The van der Waals surface area contributed by atoms with E-state index < -0.39 is 5.60 Å². The average molecular weight is 539 g/mol. The molecule has 10 nitrogen and oxygen atoms in total. The molecule has 0 amide bonds. The number of allylic oxidation sites excluding steroid dienone is 1. The van der Waals surface area contributed by atoms with Crippen LogP contribution in [0.15, 0.2) is 60.0 Å². The van der Waals surface area contributed by atoms with E-state index in [-0.39, 0.29) is 12.1 Å². The molecule has 0 spiro atoms. The molecule has 3 aliphatic rings. The van der Waals surface area contributed by atoms with Crippen molar-refractivity contribution in [3.05, 3.63) is 76.9 Å². The van der Waals surface area contributed by atoms with Gasteiger partial charge in [-0.05, 0) is 75.5 Å². The van der Waals surface area contributed by atoms with Gasteiger partial charge in [0.25, 0.3) is 5.56 Å². The van der Waals surface area contributed by atoms with E-state index >= 15 is 0 Å². The molecule has 40 heavy (non-hydrogen) atoms. The second kappa shape index (κ2) is 9.28. The van der Waals surface area contributed by atoms with Crippen LogP contribution in [0.1, 0.15) is 37.4 Å². The molecule has 10 heteroatoms. The molecular formula is C30H34N8O2. The highest BCUT2D eigenvalue weighted by atomic mass is 16.3. The Morgan fingerprint density at radius 3 is 2.70 bits per heavy atom. The quantitative estimate of drug-likeness (QED) is 0.360. The molecule has 2 aliphatic heterocycles. The predicted molar refractivity (Wildman–Crippen MR) is 156 cm³/mol. The summed E-state index contributed by atoms with van der Waals surface area (Å²) in [6, 6.07) is 13.5. The average Bonchev–Trinajstić information content (AvgIpc) is 3.60. The van der Waals surface area contributed by atoms with Gasteiger partial charge in [-0.2, -0.15) is 4.98 Å². The van der Waals surface area contributed by atoms with Crippen molar-refractivity contribution < 1.29 is 5.11 Å². The number of aliphatic hydroxyl groups is 1. The van der Waals surface area contributed by atoms with Gasteiger partial charge in [0.15, 0.2) is 11.5 Å². The minimum atomic E-state index is -1.02. The van der Waals surface area contributed by atoms with Crippen molar-refractivity contribution in [2.24, 2.45) is 0 Å². The third-order valence-electron chi connectivity index (χ3n) is 8.75. The third kappa shape index (κ3) is 4.01.